The zero-order valence-electron chi connectivity index (χ0n) is 11.5. The molecule has 0 unspecified atom stereocenters. The Bertz CT molecular complexity index is 456. The fraction of sp³-hybridized carbons (Fsp3) is 0.462. The van der Waals surface area contributed by atoms with E-state index in [1.807, 2.05) is 0 Å². The van der Waals surface area contributed by atoms with E-state index in [0.717, 1.165) is 17.9 Å². The summed E-state index contributed by atoms with van der Waals surface area (Å²) in [7, 11) is 0. The van der Waals surface area contributed by atoms with Crippen LogP contribution >= 0.6 is 0 Å². The van der Waals surface area contributed by atoms with E-state index >= 15 is 0 Å². The van der Waals surface area contributed by atoms with E-state index in [1.54, 1.807) is 12.3 Å². The van der Waals surface area contributed by atoms with Crippen molar-refractivity contribution in [2.24, 2.45) is 5.84 Å². The van der Waals surface area contributed by atoms with Gasteiger partial charge in [0.1, 0.15) is 0 Å². The predicted molar refractivity (Wildman–Crippen MR) is 73.3 cm³/mol. The molecule has 1 heterocycles. The first-order valence-corrected chi connectivity index (χ1v) is 6.50. The summed E-state index contributed by atoms with van der Waals surface area (Å²) in [5.41, 5.74) is 0.429. The maximum atomic E-state index is 11.6. The molecule has 0 radical (unpaired) electrons. The van der Waals surface area contributed by atoms with Crippen molar-refractivity contribution in [3.8, 4) is 0 Å². The monoisotopic (exact) mass is 280 g/mol. The van der Waals surface area contributed by atoms with Crippen molar-refractivity contribution in [1.29, 1.82) is 0 Å². The van der Waals surface area contributed by atoms with Gasteiger partial charge in [-0.1, -0.05) is 6.42 Å². The predicted octanol–water partition coefficient (Wildman–Crippen LogP) is 0.554. The standard InChI is InChI=1S/C13H20N4O3/c1-10(18)17(14)8-4-2-3-5-12(19)16-13(20)11-6-7-15-9-11/h6-7,9,15H,2-5,8,14H2,1H3,(H,16,19,20). The minimum atomic E-state index is -0.402. The Morgan fingerprint density at radius 1 is 1.30 bits per heavy atom. The highest BCUT2D eigenvalue weighted by atomic mass is 16.2. The first-order valence-electron chi connectivity index (χ1n) is 6.50. The van der Waals surface area contributed by atoms with Gasteiger partial charge in [0.2, 0.25) is 11.8 Å². The lowest BCUT2D eigenvalue weighted by Gasteiger charge is -2.13. The summed E-state index contributed by atoms with van der Waals surface area (Å²) in [6.45, 7) is 1.87. The molecule has 7 heteroatoms. The van der Waals surface area contributed by atoms with E-state index in [-0.39, 0.29) is 18.2 Å². The van der Waals surface area contributed by atoms with E-state index in [4.69, 9.17) is 5.84 Å². The molecule has 0 aromatic carbocycles. The fourth-order valence-electron chi connectivity index (χ4n) is 1.63. The maximum absolute atomic E-state index is 11.6. The van der Waals surface area contributed by atoms with Crippen LogP contribution in [0.2, 0.25) is 0 Å². The number of aromatic nitrogens is 1. The van der Waals surface area contributed by atoms with Gasteiger partial charge in [-0.2, -0.15) is 0 Å². The molecule has 1 aromatic rings. The number of carbonyl (C=O) groups excluding carboxylic acids is 3. The molecule has 0 saturated heterocycles. The average Bonchev–Trinajstić information content (AvgIpc) is 2.91. The molecule has 3 amide bonds. The Hall–Kier alpha value is -2.15. The van der Waals surface area contributed by atoms with Gasteiger partial charge in [-0.3, -0.25) is 24.7 Å². The van der Waals surface area contributed by atoms with Gasteiger partial charge in [0.25, 0.3) is 5.91 Å². The topological polar surface area (TPSA) is 108 Å². The summed E-state index contributed by atoms with van der Waals surface area (Å²) in [5, 5.41) is 3.46. The molecule has 0 aliphatic rings. The summed E-state index contributed by atoms with van der Waals surface area (Å²) >= 11 is 0. The van der Waals surface area contributed by atoms with Crippen LogP contribution in [0.15, 0.2) is 18.5 Å². The number of nitrogens with one attached hydrogen (secondary N) is 2. The Morgan fingerprint density at radius 3 is 2.65 bits per heavy atom. The number of H-pyrrole nitrogens is 1. The van der Waals surface area contributed by atoms with Crippen LogP contribution in [-0.2, 0) is 9.59 Å². The lowest BCUT2D eigenvalue weighted by molar-refractivity contribution is -0.129. The molecule has 0 bridgehead atoms. The largest absolute Gasteiger partial charge is 0.367 e. The number of amides is 3. The molecule has 7 nitrogen and oxygen atoms in total. The number of aromatic amines is 1. The molecule has 0 spiro atoms. The fourth-order valence-corrected chi connectivity index (χ4v) is 1.63. The van der Waals surface area contributed by atoms with Crippen LogP contribution in [0.25, 0.3) is 0 Å². The molecular formula is C13H20N4O3. The number of carbonyl (C=O) groups is 3. The first-order chi connectivity index (χ1) is 9.50. The van der Waals surface area contributed by atoms with E-state index in [9.17, 15) is 14.4 Å². The SMILES string of the molecule is CC(=O)N(N)CCCCCC(=O)NC(=O)c1cc[nH]c1. The third kappa shape index (κ3) is 5.66. The van der Waals surface area contributed by atoms with Gasteiger partial charge in [-0.15, -0.1) is 0 Å². The second kappa shape index (κ2) is 8.11. The summed E-state index contributed by atoms with van der Waals surface area (Å²) in [6, 6.07) is 1.60. The molecule has 0 fully saturated rings. The average molecular weight is 280 g/mol. The van der Waals surface area contributed by atoms with Gasteiger partial charge in [-0.25, -0.2) is 5.84 Å². The number of nitrogens with two attached hydrogens (primary N) is 1. The molecule has 4 N–H and O–H groups in total. The number of hydrogen-bond acceptors (Lipinski definition) is 4. The van der Waals surface area contributed by atoms with Crippen LogP contribution in [0.4, 0.5) is 0 Å². The van der Waals surface area contributed by atoms with Gasteiger partial charge in [0.15, 0.2) is 0 Å². The molecule has 0 aliphatic heterocycles. The quantitative estimate of drug-likeness (QED) is 0.293. The molecule has 1 aromatic heterocycles. The Morgan fingerprint density at radius 2 is 2.05 bits per heavy atom. The van der Waals surface area contributed by atoms with Crippen molar-refractivity contribution in [2.45, 2.75) is 32.6 Å². The highest BCUT2D eigenvalue weighted by molar-refractivity contribution is 6.04. The normalized spacial score (nSPS) is 10.1. The first kappa shape index (κ1) is 15.9. The third-order valence-corrected chi connectivity index (χ3v) is 2.82. The van der Waals surface area contributed by atoms with Crippen molar-refractivity contribution >= 4 is 17.7 Å². The van der Waals surface area contributed by atoms with E-state index in [1.165, 1.54) is 13.1 Å². The van der Waals surface area contributed by atoms with Crippen molar-refractivity contribution in [3.63, 3.8) is 0 Å². The van der Waals surface area contributed by atoms with Gasteiger partial charge in [0, 0.05) is 32.3 Å². The number of unbranched alkanes of at least 4 members (excludes halogenated alkanes) is 2. The lowest BCUT2D eigenvalue weighted by Crippen LogP contribution is -2.36. The summed E-state index contributed by atoms with van der Waals surface area (Å²) in [4.78, 5) is 36.7. The zero-order valence-corrected chi connectivity index (χ0v) is 11.5. The van der Waals surface area contributed by atoms with E-state index in [0.29, 0.717) is 18.5 Å². The Labute approximate surface area is 117 Å². The van der Waals surface area contributed by atoms with Crippen molar-refractivity contribution in [1.82, 2.24) is 15.3 Å². The van der Waals surface area contributed by atoms with Crippen molar-refractivity contribution in [3.05, 3.63) is 24.0 Å². The minimum Gasteiger partial charge on any atom is -0.367 e. The molecule has 0 saturated carbocycles. The number of hydrogen-bond donors (Lipinski definition) is 3. The summed E-state index contributed by atoms with van der Waals surface area (Å²) in [5.74, 6) is 4.55. The Kier molecular flexibility index (Phi) is 6.45. The second-order valence-corrected chi connectivity index (χ2v) is 4.50. The van der Waals surface area contributed by atoms with Crippen LogP contribution in [0.1, 0.15) is 43.0 Å². The number of imide groups is 1. The van der Waals surface area contributed by atoms with Gasteiger partial charge < -0.3 is 4.98 Å². The number of hydrazine groups is 1. The Balaban J connectivity index is 2.12. The number of nitrogens with zero attached hydrogens (tertiary/aromatic N) is 1. The van der Waals surface area contributed by atoms with E-state index < -0.39 is 5.91 Å². The van der Waals surface area contributed by atoms with Crippen LogP contribution < -0.4 is 11.2 Å². The maximum Gasteiger partial charge on any atom is 0.259 e. The van der Waals surface area contributed by atoms with Crippen LogP contribution in [0, 0.1) is 0 Å². The molecule has 1 rings (SSSR count). The minimum absolute atomic E-state index is 0.181. The molecular weight excluding hydrogens is 260 g/mol. The summed E-state index contributed by atoms with van der Waals surface area (Å²) in [6.07, 6.45) is 5.58. The zero-order chi connectivity index (χ0) is 15.0. The molecule has 20 heavy (non-hydrogen) atoms. The highest BCUT2D eigenvalue weighted by Gasteiger charge is 2.10. The second-order valence-electron chi connectivity index (χ2n) is 4.50. The molecule has 0 aliphatic carbocycles. The number of rotatable bonds is 7. The summed E-state index contributed by atoms with van der Waals surface area (Å²) < 4.78 is 0. The molecule has 0 atom stereocenters. The van der Waals surface area contributed by atoms with E-state index in [2.05, 4.69) is 10.3 Å². The molecule has 110 valence electrons. The smallest absolute Gasteiger partial charge is 0.259 e. The van der Waals surface area contributed by atoms with Gasteiger partial charge in [-0.05, 0) is 18.9 Å². The van der Waals surface area contributed by atoms with Gasteiger partial charge >= 0.3 is 0 Å². The highest BCUT2D eigenvalue weighted by Crippen LogP contribution is 2.02. The van der Waals surface area contributed by atoms with Crippen LogP contribution in [-0.4, -0.2) is 34.3 Å². The van der Waals surface area contributed by atoms with Crippen LogP contribution in [0.5, 0.6) is 0 Å². The van der Waals surface area contributed by atoms with Crippen LogP contribution in [0.3, 0.4) is 0 Å². The lowest BCUT2D eigenvalue weighted by atomic mass is 10.2. The third-order valence-electron chi connectivity index (χ3n) is 2.82. The van der Waals surface area contributed by atoms with Gasteiger partial charge in [0.05, 0.1) is 5.56 Å². The van der Waals surface area contributed by atoms with Crippen molar-refractivity contribution < 1.29 is 14.4 Å². The van der Waals surface area contributed by atoms with Crippen molar-refractivity contribution in [2.75, 3.05) is 6.54 Å².